The molecule has 0 bridgehead atoms. The third-order valence-electron chi connectivity index (χ3n) is 7.50. The lowest BCUT2D eigenvalue weighted by Gasteiger charge is -2.24. The highest BCUT2D eigenvalue weighted by Gasteiger charge is 2.27. The Morgan fingerprint density at radius 2 is 1.85 bits per heavy atom. The van der Waals surface area contributed by atoms with E-state index in [9.17, 15) is 9.90 Å². The van der Waals surface area contributed by atoms with Crippen molar-refractivity contribution in [3.8, 4) is 11.5 Å². The first kappa shape index (κ1) is 29.1. The number of ether oxygens (including phenoxy) is 4. The van der Waals surface area contributed by atoms with Gasteiger partial charge in [-0.15, -0.1) is 0 Å². The third-order valence-corrected chi connectivity index (χ3v) is 7.50. The molecular weight excluding hydrogens is 498 g/mol. The van der Waals surface area contributed by atoms with Crippen molar-refractivity contribution < 1.29 is 28.8 Å². The number of carbonyl (C=O) groups is 1. The van der Waals surface area contributed by atoms with Crippen molar-refractivity contribution in [2.75, 3.05) is 72.1 Å². The molecule has 3 heterocycles. The predicted molar refractivity (Wildman–Crippen MR) is 150 cm³/mol. The molecule has 2 aromatic rings. The van der Waals surface area contributed by atoms with Crippen LogP contribution in [-0.4, -0.2) is 87.8 Å². The van der Waals surface area contributed by atoms with Gasteiger partial charge >= 0.3 is 5.97 Å². The number of methoxy groups -OCH3 is 2. The van der Waals surface area contributed by atoms with Crippen LogP contribution in [0.2, 0.25) is 0 Å². The molecule has 1 aromatic carbocycles. The van der Waals surface area contributed by atoms with Crippen LogP contribution in [0.1, 0.15) is 48.6 Å². The lowest BCUT2D eigenvalue weighted by Crippen LogP contribution is -2.28. The topological polar surface area (TPSA) is 102 Å². The molecule has 1 saturated heterocycles. The summed E-state index contributed by atoms with van der Waals surface area (Å²) in [6.07, 6.45) is 5.44. The molecule has 214 valence electrons. The van der Waals surface area contributed by atoms with Crippen molar-refractivity contribution in [3.63, 3.8) is 0 Å². The molecule has 9 nitrogen and oxygen atoms in total. The number of aromatic nitrogens is 1. The molecule has 0 amide bonds. The zero-order valence-corrected chi connectivity index (χ0v) is 23.3. The zero-order valence-electron chi connectivity index (χ0n) is 23.3. The first-order chi connectivity index (χ1) is 19.0. The van der Waals surface area contributed by atoms with E-state index in [1.807, 2.05) is 18.2 Å². The number of hydrogen-bond donors (Lipinski definition) is 2. The molecule has 9 heteroatoms. The number of benzene rings is 1. The molecule has 2 aliphatic heterocycles. The van der Waals surface area contributed by atoms with Crippen molar-refractivity contribution in [1.82, 2.24) is 9.88 Å². The molecule has 39 heavy (non-hydrogen) atoms. The van der Waals surface area contributed by atoms with Gasteiger partial charge in [0.15, 0.2) is 0 Å². The Bertz CT molecular complexity index is 1040. The minimum Gasteiger partial charge on any atom is -0.491 e. The molecule has 2 N–H and O–H groups in total. The summed E-state index contributed by atoms with van der Waals surface area (Å²) in [5.74, 6) is 0.907. The lowest BCUT2D eigenvalue weighted by molar-refractivity contribution is -0.137. The van der Waals surface area contributed by atoms with Crippen LogP contribution in [0, 0.1) is 5.92 Å². The second-order valence-corrected chi connectivity index (χ2v) is 10.5. The van der Waals surface area contributed by atoms with E-state index in [2.05, 4.69) is 22.3 Å². The lowest BCUT2D eigenvalue weighted by atomic mass is 9.94. The van der Waals surface area contributed by atoms with E-state index in [-0.39, 0.29) is 12.3 Å². The van der Waals surface area contributed by atoms with E-state index >= 15 is 0 Å². The van der Waals surface area contributed by atoms with Gasteiger partial charge in [-0.2, -0.15) is 0 Å². The van der Waals surface area contributed by atoms with Crippen LogP contribution in [0.4, 0.5) is 5.69 Å². The number of likely N-dealkylation sites (tertiary alicyclic amines) is 1. The fourth-order valence-electron chi connectivity index (χ4n) is 5.47. The standard InChI is InChI=1S/C30H43N3O6/c1-36-12-14-38-26-16-23(17-27(19-26)39-15-13-37-2)24(18-30(34)35)21-33-11-9-22(20-33)5-6-25-7-8-28-29(32-25)4-3-10-31-28/h7-8,16-17,19,22,24,31H,3-6,9-15,18,20-21H2,1-2H3,(H,34,35)/t22-,24-/m1/s1. The quantitative estimate of drug-likeness (QED) is 0.305. The number of aryl methyl sites for hydroxylation is 2. The number of anilines is 1. The molecule has 0 spiro atoms. The van der Waals surface area contributed by atoms with Gasteiger partial charge < -0.3 is 34.3 Å². The maximum atomic E-state index is 11.8. The number of aliphatic carboxylic acids is 1. The molecule has 2 atom stereocenters. The minimum atomic E-state index is -0.809. The Kier molecular flexibility index (Phi) is 11.2. The number of pyridine rings is 1. The van der Waals surface area contributed by atoms with Crippen molar-refractivity contribution in [1.29, 1.82) is 0 Å². The summed E-state index contributed by atoms with van der Waals surface area (Å²) in [7, 11) is 3.26. The third kappa shape index (κ3) is 9.08. The second-order valence-electron chi connectivity index (χ2n) is 10.5. The highest BCUT2D eigenvalue weighted by atomic mass is 16.5. The molecule has 0 saturated carbocycles. The fourth-order valence-corrected chi connectivity index (χ4v) is 5.47. The smallest absolute Gasteiger partial charge is 0.304 e. The Balaban J connectivity index is 1.38. The average Bonchev–Trinajstić information content (AvgIpc) is 3.39. The molecule has 1 fully saturated rings. The molecule has 2 aliphatic rings. The van der Waals surface area contributed by atoms with Gasteiger partial charge in [0.1, 0.15) is 24.7 Å². The summed E-state index contributed by atoms with van der Waals surface area (Å²) in [5.41, 5.74) is 4.46. The Morgan fingerprint density at radius 1 is 1.10 bits per heavy atom. The largest absolute Gasteiger partial charge is 0.491 e. The van der Waals surface area contributed by atoms with E-state index in [1.54, 1.807) is 14.2 Å². The molecule has 0 unspecified atom stereocenters. The van der Waals surface area contributed by atoms with Crippen molar-refractivity contribution in [2.24, 2.45) is 5.92 Å². The van der Waals surface area contributed by atoms with Crippen LogP contribution in [0.3, 0.4) is 0 Å². The van der Waals surface area contributed by atoms with Crippen molar-refractivity contribution in [2.45, 2.75) is 44.4 Å². The second kappa shape index (κ2) is 15.1. The summed E-state index contributed by atoms with van der Waals surface area (Å²) >= 11 is 0. The fraction of sp³-hybridized carbons (Fsp3) is 0.600. The van der Waals surface area contributed by atoms with Gasteiger partial charge in [0.25, 0.3) is 0 Å². The summed E-state index contributed by atoms with van der Waals surface area (Å²) in [6, 6.07) is 10.0. The highest BCUT2D eigenvalue weighted by molar-refractivity contribution is 5.68. The first-order valence-corrected chi connectivity index (χ1v) is 14.1. The summed E-state index contributed by atoms with van der Waals surface area (Å²) in [4.78, 5) is 19.2. The monoisotopic (exact) mass is 541 g/mol. The molecule has 0 radical (unpaired) electrons. The highest BCUT2D eigenvalue weighted by Crippen LogP contribution is 2.32. The maximum Gasteiger partial charge on any atom is 0.304 e. The van der Waals surface area contributed by atoms with Gasteiger partial charge in [0.05, 0.1) is 31.0 Å². The minimum absolute atomic E-state index is 0.0489. The van der Waals surface area contributed by atoms with E-state index < -0.39 is 5.97 Å². The number of nitrogens with zero attached hydrogens (tertiary/aromatic N) is 2. The Hall–Kier alpha value is -2.88. The van der Waals surface area contributed by atoms with Crippen LogP contribution in [0.15, 0.2) is 30.3 Å². The summed E-state index contributed by atoms with van der Waals surface area (Å²) in [6.45, 7) is 5.42. The van der Waals surface area contributed by atoms with Crippen LogP contribution in [-0.2, 0) is 27.1 Å². The number of nitrogens with one attached hydrogen (secondary N) is 1. The number of hydrogen-bond acceptors (Lipinski definition) is 8. The maximum absolute atomic E-state index is 11.8. The molecular formula is C30H43N3O6. The first-order valence-electron chi connectivity index (χ1n) is 14.1. The van der Waals surface area contributed by atoms with Crippen molar-refractivity contribution >= 4 is 11.7 Å². The van der Waals surface area contributed by atoms with Crippen LogP contribution < -0.4 is 14.8 Å². The molecule has 4 rings (SSSR count). The van der Waals surface area contributed by atoms with E-state index in [4.69, 9.17) is 23.9 Å². The van der Waals surface area contributed by atoms with Crippen LogP contribution >= 0.6 is 0 Å². The van der Waals surface area contributed by atoms with Gasteiger partial charge in [0.2, 0.25) is 0 Å². The zero-order chi connectivity index (χ0) is 27.5. The number of fused-ring (bicyclic) bond motifs is 1. The van der Waals surface area contributed by atoms with Gasteiger partial charge in [-0.3, -0.25) is 9.78 Å². The van der Waals surface area contributed by atoms with E-state index in [0.29, 0.717) is 50.4 Å². The Morgan fingerprint density at radius 3 is 2.54 bits per heavy atom. The summed E-state index contributed by atoms with van der Waals surface area (Å²) < 4.78 is 22.0. The molecule has 0 aliphatic carbocycles. The van der Waals surface area contributed by atoms with Gasteiger partial charge in [0, 0.05) is 51.5 Å². The van der Waals surface area contributed by atoms with Crippen molar-refractivity contribution in [3.05, 3.63) is 47.3 Å². The van der Waals surface area contributed by atoms with E-state index in [0.717, 1.165) is 57.3 Å². The van der Waals surface area contributed by atoms with Gasteiger partial charge in [-0.1, -0.05) is 0 Å². The van der Waals surface area contributed by atoms with Gasteiger partial charge in [-0.25, -0.2) is 0 Å². The Labute approximate surface area is 231 Å². The normalized spacial score (nSPS) is 17.8. The predicted octanol–water partition coefficient (Wildman–Crippen LogP) is 4.00. The van der Waals surface area contributed by atoms with E-state index in [1.165, 1.54) is 17.1 Å². The van der Waals surface area contributed by atoms with Crippen LogP contribution in [0.25, 0.3) is 0 Å². The average molecular weight is 542 g/mol. The summed E-state index contributed by atoms with van der Waals surface area (Å²) in [5, 5.41) is 13.2. The van der Waals surface area contributed by atoms with Gasteiger partial charge in [-0.05, 0) is 74.4 Å². The SMILES string of the molecule is COCCOc1cc(OCCOC)cc([C@H](CC(=O)O)CN2CC[C@@H](CCc3ccc4c(n3)CCCN4)C2)c1. The number of carboxylic acids is 1. The number of rotatable bonds is 16. The molecule has 1 aromatic heterocycles. The van der Waals surface area contributed by atoms with Crippen LogP contribution in [0.5, 0.6) is 11.5 Å². The number of carboxylic acid groups (broad SMARTS) is 1.